The molecule has 4 nitrogen and oxygen atoms in total. The molecule has 18 heavy (non-hydrogen) atoms. The van der Waals surface area contributed by atoms with Crippen LogP contribution in [0.15, 0.2) is 0 Å². The second-order valence-corrected chi connectivity index (χ2v) is 5.86. The number of rotatable bonds is 7. The predicted molar refractivity (Wildman–Crippen MR) is 75.3 cm³/mol. The quantitative estimate of drug-likeness (QED) is 0.719. The summed E-state index contributed by atoms with van der Waals surface area (Å²) < 4.78 is 0. The van der Waals surface area contributed by atoms with Crippen molar-refractivity contribution in [3.05, 3.63) is 0 Å². The zero-order valence-corrected chi connectivity index (χ0v) is 12.1. The van der Waals surface area contributed by atoms with Gasteiger partial charge in [-0.2, -0.15) is 0 Å². The molecule has 1 fully saturated rings. The molecule has 0 aromatic carbocycles. The number of likely N-dealkylation sites (tertiary alicyclic amines) is 1. The number of primary amides is 1. The smallest absolute Gasteiger partial charge is 0.234 e. The van der Waals surface area contributed by atoms with Gasteiger partial charge in [0, 0.05) is 0 Å². The summed E-state index contributed by atoms with van der Waals surface area (Å²) in [6.45, 7) is 10.7. The van der Waals surface area contributed by atoms with Crippen molar-refractivity contribution in [2.24, 2.45) is 17.6 Å². The maximum atomic E-state index is 11.3. The molecule has 4 heteroatoms. The van der Waals surface area contributed by atoms with E-state index < -0.39 is 0 Å². The minimum Gasteiger partial charge on any atom is -0.368 e. The van der Waals surface area contributed by atoms with Gasteiger partial charge in [-0.3, -0.25) is 9.69 Å². The lowest BCUT2D eigenvalue weighted by molar-refractivity contribution is -0.123. The lowest BCUT2D eigenvalue weighted by atomic mass is 9.95. The molecule has 0 radical (unpaired) electrons. The summed E-state index contributed by atoms with van der Waals surface area (Å²) >= 11 is 0. The SMILES string of the molecule is CCC(C(N)=O)N1CCC(CNCC(C)C)CC1. The summed E-state index contributed by atoms with van der Waals surface area (Å²) in [6.07, 6.45) is 3.18. The number of nitrogens with two attached hydrogens (primary N) is 1. The molecule has 0 aromatic rings. The first-order chi connectivity index (χ1) is 8.54. The summed E-state index contributed by atoms with van der Waals surface area (Å²) in [7, 11) is 0. The third kappa shape index (κ3) is 4.94. The van der Waals surface area contributed by atoms with Gasteiger partial charge >= 0.3 is 0 Å². The summed E-state index contributed by atoms with van der Waals surface area (Å²) in [4.78, 5) is 13.6. The van der Waals surface area contributed by atoms with Gasteiger partial charge in [-0.15, -0.1) is 0 Å². The molecule has 0 saturated carbocycles. The molecule has 0 bridgehead atoms. The van der Waals surface area contributed by atoms with E-state index in [-0.39, 0.29) is 11.9 Å². The van der Waals surface area contributed by atoms with E-state index in [1.54, 1.807) is 0 Å². The Morgan fingerprint density at radius 2 is 2.00 bits per heavy atom. The van der Waals surface area contributed by atoms with Crippen molar-refractivity contribution in [2.45, 2.75) is 46.1 Å². The summed E-state index contributed by atoms with van der Waals surface area (Å²) in [5, 5.41) is 3.53. The summed E-state index contributed by atoms with van der Waals surface area (Å²) in [5.74, 6) is 1.30. The topological polar surface area (TPSA) is 58.4 Å². The van der Waals surface area contributed by atoms with Crippen LogP contribution in [0.25, 0.3) is 0 Å². The first kappa shape index (κ1) is 15.4. The number of hydrogen-bond acceptors (Lipinski definition) is 3. The molecule has 0 spiro atoms. The number of carbonyl (C=O) groups is 1. The first-order valence-corrected chi connectivity index (χ1v) is 7.28. The molecule has 1 rings (SSSR count). The van der Waals surface area contributed by atoms with Crippen molar-refractivity contribution in [1.29, 1.82) is 0 Å². The van der Waals surface area contributed by atoms with Crippen molar-refractivity contribution in [3.63, 3.8) is 0 Å². The average Bonchev–Trinajstić information content (AvgIpc) is 2.31. The van der Waals surface area contributed by atoms with Crippen LogP contribution in [0.3, 0.4) is 0 Å². The number of carbonyl (C=O) groups excluding carboxylic acids is 1. The van der Waals surface area contributed by atoms with Crippen LogP contribution >= 0.6 is 0 Å². The average molecular weight is 255 g/mol. The van der Waals surface area contributed by atoms with Gasteiger partial charge in [0.05, 0.1) is 6.04 Å². The Bertz CT molecular complexity index is 247. The van der Waals surface area contributed by atoms with E-state index in [0.29, 0.717) is 5.92 Å². The van der Waals surface area contributed by atoms with E-state index in [4.69, 9.17) is 5.73 Å². The Morgan fingerprint density at radius 1 is 1.39 bits per heavy atom. The monoisotopic (exact) mass is 255 g/mol. The Hall–Kier alpha value is -0.610. The second kappa shape index (κ2) is 7.74. The summed E-state index contributed by atoms with van der Waals surface area (Å²) in [5.41, 5.74) is 5.43. The van der Waals surface area contributed by atoms with Crippen molar-refractivity contribution in [1.82, 2.24) is 10.2 Å². The first-order valence-electron chi connectivity index (χ1n) is 7.28. The third-order valence-corrected chi connectivity index (χ3v) is 3.79. The standard InChI is InChI=1S/C14H29N3O/c1-4-13(14(15)18)17-7-5-12(6-8-17)10-16-9-11(2)3/h11-13,16H,4-10H2,1-3H3,(H2,15,18). The number of nitrogens with zero attached hydrogens (tertiary/aromatic N) is 1. The zero-order valence-electron chi connectivity index (χ0n) is 12.1. The van der Waals surface area contributed by atoms with Gasteiger partial charge in [-0.1, -0.05) is 20.8 Å². The molecule has 1 aliphatic rings. The fraction of sp³-hybridized carbons (Fsp3) is 0.929. The van der Waals surface area contributed by atoms with Crippen LogP contribution in [-0.4, -0.2) is 43.0 Å². The van der Waals surface area contributed by atoms with Gasteiger partial charge in [0.25, 0.3) is 0 Å². The van der Waals surface area contributed by atoms with Crippen molar-refractivity contribution in [3.8, 4) is 0 Å². The highest BCUT2D eigenvalue weighted by molar-refractivity contribution is 5.79. The minimum atomic E-state index is -0.172. The fourth-order valence-electron chi connectivity index (χ4n) is 2.68. The number of piperidine rings is 1. The molecule has 106 valence electrons. The van der Waals surface area contributed by atoms with Gasteiger partial charge in [0.2, 0.25) is 5.91 Å². The van der Waals surface area contributed by atoms with E-state index >= 15 is 0 Å². The molecular weight excluding hydrogens is 226 g/mol. The van der Waals surface area contributed by atoms with E-state index in [1.165, 1.54) is 12.8 Å². The van der Waals surface area contributed by atoms with Gasteiger partial charge in [0.15, 0.2) is 0 Å². The van der Waals surface area contributed by atoms with Crippen LogP contribution in [0.5, 0.6) is 0 Å². The molecular formula is C14H29N3O. The van der Waals surface area contributed by atoms with E-state index in [1.807, 2.05) is 6.92 Å². The van der Waals surface area contributed by atoms with E-state index in [2.05, 4.69) is 24.1 Å². The van der Waals surface area contributed by atoms with Crippen molar-refractivity contribution < 1.29 is 4.79 Å². The lowest BCUT2D eigenvalue weighted by Gasteiger charge is -2.36. The Balaban J connectivity index is 2.25. The zero-order chi connectivity index (χ0) is 13.5. The Kier molecular flexibility index (Phi) is 6.65. The van der Waals surface area contributed by atoms with Crippen LogP contribution in [-0.2, 0) is 4.79 Å². The Labute approximate surface area is 111 Å². The van der Waals surface area contributed by atoms with Gasteiger partial charge < -0.3 is 11.1 Å². The largest absolute Gasteiger partial charge is 0.368 e. The van der Waals surface area contributed by atoms with Crippen molar-refractivity contribution in [2.75, 3.05) is 26.2 Å². The van der Waals surface area contributed by atoms with Crippen LogP contribution < -0.4 is 11.1 Å². The third-order valence-electron chi connectivity index (χ3n) is 3.79. The van der Waals surface area contributed by atoms with Crippen LogP contribution in [0.4, 0.5) is 0 Å². The fourth-order valence-corrected chi connectivity index (χ4v) is 2.68. The second-order valence-electron chi connectivity index (χ2n) is 5.86. The highest BCUT2D eigenvalue weighted by atomic mass is 16.1. The number of hydrogen-bond donors (Lipinski definition) is 2. The van der Waals surface area contributed by atoms with Crippen molar-refractivity contribution >= 4 is 5.91 Å². The number of amides is 1. The van der Waals surface area contributed by atoms with Gasteiger partial charge in [-0.05, 0) is 57.3 Å². The molecule has 3 N–H and O–H groups in total. The lowest BCUT2D eigenvalue weighted by Crippen LogP contribution is -2.48. The molecule has 1 atom stereocenters. The van der Waals surface area contributed by atoms with Crippen LogP contribution in [0, 0.1) is 11.8 Å². The Morgan fingerprint density at radius 3 is 2.44 bits per heavy atom. The predicted octanol–water partition coefficient (Wildman–Crippen LogP) is 1.21. The molecule has 0 aromatic heterocycles. The molecule has 1 heterocycles. The van der Waals surface area contributed by atoms with Gasteiger partial charge in [-0.25, -0.2) is 0 Å². The molecule has 1 amide bonds. The maximum absolute atomic E-state index is 11.3. The number of nitrogens with one attached hydrogen (secondary N) is 1. The highest BCUT2D eigenvalue weighted by Gasteiger charge is 2.26. The van der Waals surface area contributed by atoms with E-state index in [0.717, 1.165) is 38.5 Å². The van der Waals surface area contributed by atoms with Crippen LogP contribution in [0.2, 0.25) is 0 Å². The normalized spacial score (nSPS) is 20.2. The molecule has 0 aliphatic carbocycles. The molecule has 1 unspecified atom stereocenters. The maximum Gasteiger partial charge on any atom is 0.234 e. The highest BCUT2D eigenvalue weighted by Crippen LogP contribution is 2.19. The molecule has 1 saturated heterocycles. The van der Waals surface area contributed by atoms with E-state index in [9.17, 15) is 4.79 Å². The van der Waals surface area contributed by atoms with Crippen LogP contribution in [0.1, 0.15) is 40.0 Å². The van der Waals surface area contributed by atoms with Gasteiger partial charge in [0.1, 0.15) is 0 Å². The summed E-state index contributed by atoms with van der Waals surface area (Å²) in [6, 6.07) is -0.0606. The minimum absolute atomic E-state index is 0.0606. The molecule has 1 aliphatic heterocycles.